The van der Waals surface area contributed by atoms with Gasteiger partial charge in [0, 0.05) is 6.54 Å². The molecular weight excluding hydrogens is 233 g/mol. The summed E-state index contributed by atoms with van der Waals surface area (Å²) in [7, 11) is -3.72. The SMILES string of the molecule is Cc1ccc(F)cc1S(=O)(=O)N1CCCO1. The van der Waals surface area contributed by atoms with Crippen LogP contribution < -0.4 is 0 Å². The maximum atomic E-state index is 13.0. The molecule has 88 valence electrons. The van der Waals surface area contributed by atoms with E-state index in [0.29, 0.717) is 25.1 Å². The van der Waals surface area contributed by atoms with Gasteiger partial charge in [-0.15, -0.1) is 0 Å². The lowest BCUT2D eigenvalue weighted by molar-refractivity contribution is -0.0285. The number of benzene rings is 1. The topological polar surface area (TPSA) is 46.6 Å². The first kappa shape index (κ1) is 11.5. The molecule has 0 saturated carbocycles. The predicted octanol–water partition coefficient (Wildman–Crippen LogP) is 1.46. The molecule has 1 saturated heterocycles. The van der Waals surface area contributed by atoms with Crippen molar-refractivity contribution in [2.75, 3.05) is 13.2 Å². The van der Waals surface area contributed by atoms with Crippen LogP contribution in [-0.4, -0.2) is 26.0 Å². The van der Waals surface area contributed by atoms with Crippen molar-refractivity contribution in [3.05, 3.63) is 29.6 Å². The number of hydrogen-bond donors (Lipinski definition) is 0. The number of hydroxylamine groups is 1. The second kappa shape index (κ2) is 4.12. The van der Waals surface area contributed by atoms with Crippen LogP contribution in [0.2, 0.25) is 0 Å². The molecule has 0 radical (unpaired) electrons. The molecule has 2 rings (SSSR count). The van der Waals surface area contributed by atoms with E-state index >= 15 is 0 Å². The Kier molecular flexibility index (Phi) is 2.96. The lowest BCUT2D eigenvalue weighted by atomic mass is 10.2. The lowest BCUT2D eigenvalue weighted by Crippen LogP contribution is -2.27. The number of hydrogen-bond acceptors (Lipinski definition) is 3. The van der Waals surface area contributed by atoms with Crippen molar-refractivity contribution >= 4 is 10.0 Å². The van der Waals surface area contributed by atoms with Crippen molar-refractivity contribution in [1.29, 1.82) is 0 Å². The Hall–Kier alpha value is -0.980. The van der Waals surface area contributed by atoms with Crippen LogP contribution in [-0.2, 0) is 14.9 Å². The van der Waals surface area contributed by atoms with Crippen LogP contribution in [0.5, 0.6) is 0 Å². The van der Waals surface area contributed by atoms with Crippen LogP contribution in [0, 0.1) is 12.7 Å². The number of halogens is 1. The number of rotatable bonds is 2. The van der Waals surface area contributed by atoms with Gasteiger partial charge in [0.05, 0.1) is 11.5 Å². The summed E-state index contributed by atoms with van der Waals surface area (Å²) in [6.07, 6.45) is 0.660. The van der Waals surface area contributed by atoms with E-state index < -0.39 is 15.8 Å². The first-order chi connectivity index (χ1) is 7.51. The molecule has 0 spiro atoms. The summed E-state index contributed by atoms with van der Waals surface area (Å²) in [6.45, 7) is 2.33. The highest BCUT2D eigenvalue weighted by Crippen LogP contribution is 2.23. The molecule has 4 nitrogen and oxygen atoms in total. The van der Waals surface area contributed by atoms with Crippen molar-refractivity contribution < 1.29 is 17.6 Å². The molecule has 0 aliphatic carbocycles. The summed E-state index contributed by atoms with van der Waals surface area (Å²) in [5, 5.41) is 0. The van der Waals surface area contributed by atoms with E-state index in [-0.39, 0.29) is 4.90 Å². The second-order valence-electron chi connectivity index (χ2n) is 3.63. The Labute approximate surface area is 93.6 Å². The van der Waals surface area contributed by atoms with E-state index in [0.717, 1.165) is 10.5 Å². The van der Waals surface area contributed by atoms with E-state index in [1.54, 1.807) is 6.92 Å². The van der Waals surface area contributed by atoms with E-state index in [1.807, 2.05) is 0 Å². The largest absolute Gasteiger partial charge is 0.284 e. The van der Waals surface area contributed by atoms with Gasteiger partial charge in [-0.1, -0.05) is 10.5 Å². The van der Waals surface area contributed by atoms with Gasteiger partial charge >= 0.3 is 0 Å². The molecule has 1 aromatic rings. The van der Waals surface area contributed by atoms with E-state index in [4.69, 9.17) is 4.84 Å². The zero-order valence-electron chi connectivity index (χ0n) is 8.81. The first-order valence-corrected chi connectivity index (χ1v) is 6.37. The molecule has 1 aliphatic heterocycles. The molecule has 1 aromatic carbocycles. The fourth-order valence-corrected chi connectivity index (χ4v) is 3.11. The summed E-state index contributed by atoms with van der Waals surface area (Å²) in [5.74, 6) is -0.566. The fraction of sp³-hybridized carbons (Fsp3) is 0.400. The van der Waals surface area contributed by atoms with Crippen LogP contribution >= 0.6 is 0 Å². The Bertz CT molecular complexity index is 495. The van der Waals surface area contributed by atoms with E-state index in [9.17, 15) is 12.8 Å². The van der Waals surface area contributed by atoms with Crippen molar-refractivity contribution in [3.8, 4) is 0 Å². The molecule has 6 heteroatoms. The summed E-state index contributed by atoms with van der Waals surface area (Å²) in [4.78, 5) is 4.96. The second-order valence-corrected chi connectivity index (χ2v) is 5.43. The molecule has 0 N–H and O–H groups in total. The van der Waals surface area contributed by atoms with Gasteiger partial charge in [-0.2, -0.15) is 0 Å². The van der Waals surface area contributed by atoms with Crippen molar-refractivity contribution in [3.63, 3.8) is 0 Å². The molecule has 0 bridgehead atoms. The molecule has 0 amide bonds. The molecule has 16 heavy (non-hydrogen) atoms. The first-order valence-electron chi connectivity index (χ1n) is 4.93. The summed E-state index contributed by atoms with van der Waals surface area (Å²) in [5.41, 5.74) is 0.511. The smallest absolute Gasteiger partial charge is 0.265 e. The van der Waals surface area contributed by atoms with Crippen LogP contribution in [0.4, 0.5) is 4.39 Å². The molecule has 1 heterocycles. The van der Waals surface area contributed by atoms with Gasteiger partial charge in [0.2, 0.25) is 0 Å². The average molecular weight is 245 g/mol. The third-order valence-corrected chi connectivity index (χ3v) is 4.24. The van der Waals surface area contributed by atoms with Crippen LogP contribution in [0.1, 0.15) is 12.0 Å². The van der Waals surface area contributed by atoms with Crippen molar-refractivity contribution in [2.24, 2.45) is 0 Å². The maximum absolute atomic E-state index is 13.0. The van der Waals surface area contributed by atoms with Gasteiger partial charge in [0.1, 0.15) is 5.82 Å². The highest BCUT2D eigenvalue weighted by molar-refractivity contribution is 7.89. The summed E-state index contributed by atoms with van der Waals surface area (Å²) >= 11 is 0. The average Bonchev–Trinajstić information content (AvgIpc) is 2.75. The summed E-state index contributed by atoms with van der Waals surface area (Å²) in [6, 6.07) is 3.70. The molecule has 0 unspecified atom stereocenters. The summed E-state index contributed by atoms with van der Waals surface area (Å²) < 4.78 is 38.0. The van der Waals surface area contributed by atoms with Gasteiger partial charge in [-0.3, -0.25) is 4.84 Å². The van der Waals surface area contributed by atoms with Gasteiger partial charge in [0.25, 0.3) is 10.0 Å². The molecular formula is C10H12FNO3S. The fourth-order valence-electron chi connectivity index (χ4n) is 1.58. The molecule has 0 atom stereocenters. The Balaban J connectivity index is 2.46. The zero-order valence-corrected chi connectivity index (χ0v) is 9.63. The Morgan fingerprint density at radius 1 is 1.44 bits per heavy atom. The van der Waals surface area contributed by atoms with E-state index in [1.165, 1.54) is 12.1 Å². The van der Waals surface area contributed by atoms with Crippen molar-refractivity contribution in [1.82, 2.24) is 4.47 Å². The van der Waals surface area contributed by atoms with Gasteiger partial charge in [-0.05, 0) is 31.0 Å². The highest BCUT2D eigenvalue weighted by atomic mass is 32.2. The van der Waals surface area contributed by atoms with Gasteiger partial charge in [-0.25, -0.2) is 12.8 Å². The zero-order chi connectivity index (χ0) is 11.8. The third kappa shape index (κ3) is 1.95. The minimum atomic E-state index is -3.72. The van der Waals surface area contributed by atoms with Crippen molar-refractivity contribution in [2.45, 2.75) is 18.2 Å². The standard InChI is InChI=1S/C10H12FNO3S/c1-8-3-4-9(11)7-10(8)16(13,14)12-5-2-6-15-12/h3-4,7H,2,5-6H2,1H3. The minimum Gasteiger partial charge on any atom is -0.284 e. The monoisotopic (exact) mass is 245 g/mol. The molecule has 1 aliphatic rings. The lowest BCUT2D eigenvalue weighted by Gasteiger charge is -2.15. The Morgan fingerprint density at radius 3 is 2.81 bits per heavy atom. The number of nitrogens with zero attached hydrogens (tertiary/aromatic N) is 1. The van der Waals surface area contributed by atoms with E-state index in [2.05, 4.69) is 0 Å². The van der Waals surface area contributed by atoms with Crippen LogP contribution in [0.3, 0.4) is 0 Å². The number of aryl methyl sites for hydroxylation is 1. The normalized spacial score (nSPS) is 17.9. The number of sulfonamides is 1. The Morgan fingerprint density at radius 2 is 2.19 bits per heavy atom. The third-order valence-electron chi connectivity index (χ3n) is 2.42. The maximum Gasteiger partial charge on any atom is 0.265 e. The minimum absolute atomic E-state index is 0.0330. The predicted molar refractivity (Wildman–Crippen MR) is 55.6 cm³/mol. The highest BCUT2D eigenvalue weighted by Gasteiger charge is 2.30. The van der Waals surface area contributed by atoms with Crippen LogP contribution in [0.15, 0.2) is 23.1 Å². The van der Waals surface area contributed by atoms with Crippen LogP contribution in [0.25, 0.3) is 0 Å². The molecule has 0 aromatic heterocycles. The van der Waals surface area contributed by atoms with Gasteiger partial charge < -0.3 is 0 Å². The van der Waals surface area contributed by atoms with Gasteiger partial charge in [0.15, 0.2) is 0 Å². The molecule has 1 fully saturated rings. The quantitative estimate of drug-likeness (QED) is 0.792.